The minimum atomic E-state index is 0.829. The molecule has 1 aromatic carbocycles. The zero-order valence-corrected chi connectivity index (χ0v) is 8.77. The van der Waals surface area contributed by atoms with Crippen LogP contribution in [0.3, 0.4) is 0 Å². The Labute approximate surface area is 95.9 Å². The van der Waals surface area contributed by atoms with Crippen molar-refractivity contribution >= 4 is 0 Å². The van der Waals surface area contributed by atoms with Crippen molar-refractivity contribution in [3.63, 3.8) is 0 Å². The average Bonchev–Trinajstić information content (AvgIpc) is 2.34. The average molecular weight is 202 g/mol. The zero-order valence-electron chi connectivity index (χ0n) is 8.77. The van der Waals surface area contributed by atoms with Gasteiger partial charge in [0.25, 0.3) is 0 Å². The normalized spacial score (nSPS) is 9.12. The predicted octanol–water partition coefficient (Wildman–Crippen LogP) is 3.32. The third-order valence-electron chi connectivity index (χ3n) is 2.41. The van der Waals surface area contributed by atoms with Gasteiger partial charge in [0, 0.05) is 11.1 Å². The molecule has 2 aliphatic rings. The Kier molecular flexibility index (Phi) is 2.77. The van der Waals surface area contributed by atoms with Crippen LogP contribution in [0, 0.1) is 24.7 Å². The fourth-order valence-electron chi connectivity index (χ4n) is 1.36. The molecule has 0 atom stereocenters. The Hall–Kier alpha value is -2.44. The van der Waals surface area contributed by atoms with Crippen molar-refractivity contribution in [2.45, 2.75) is 0 Å². The Balaban J connectivity index is 0.000000134. The standard InChI is InChI=1S/C10H6.C6H4/c1-3-9-6-5-7-10(4-2)8-9;1-2-6-4-3-5(1)6/h1-2,5-8H;1-4H. The molecule has 1 aromatic rings. The molecule has 0 unspecified atom stereocenters. The van der Waals surface area contributed by atoms with Crippen LogP contribution in [-0.4, -0.2) is 0 Å². The van der Waals surface area contributed by atoms with Crippen LogP contribution in [-0.2, 0) is 0 Å². The van der Waals surface area contributed by atoms with Crippen LogP contribution in [0.4, 0.5) is 0 Å². The second-order valence-corrected chi connectivity index (χ2v) is 3.45. The van der Waals surface area contributed by atoms with Crippen molar-refractivity contribution in [1.82, 2.24) is 0 Å². The molecule has 74 valence electrons. The second kappa shape index (κ2) is 4.39. The van der Waals surface area contributed by atoms with Gasteiger partial charge in [-0.05, 0) is 29.3 Å². The van der Waals surface area contributed by atoms with Gasteiger partial charge < -0.3 is 0 Å². The van der Waals surface area contributed by atoms with Crippen LogP contribution in [0.1, 0.15) is 11.1 Å². The molecule has 0 saturated heterocycles. The molecule has 0 spiro atoms. The minimum absolute atomic E-state index is 0.829. The molecule has 0 nitrogen and oxygen atoms in total. The zero-order chi connectivity index (χ0) is 11.4. The van der Waals surface area contributed by atoms with E-state index in [0.29, 0.717) is 0 Å². The van der Waals surface area contributed by atoms with Crippen molar-refractivity contribution in [2.75, 3.05) is 0 Å². The lowest BCUT2D eigenvalue weighted by Crippen LogP contribution is -1.85. The third-order valence-corrected chi connectivity index (χ3v) is 2.41. The van der Waals surface area contributed by atoms with Crippen LogP contribution in [0.5, 0.6) is 0 Å². The van der Waals surface area contributed by atoms with Crippen LogP contribution in [0.2, 0.25) is 0 Å². The molecule has 3 rings (SSSR count). The van der Waals surface area contributed by atoms with Gasteiger partial charge in [-0.2, -0.15) is 0 Å². The van der Waals surface area contributed by atoms with E-state index in [1.165, 1.54) is 11.1 Å². The van der Waals surface area contributed by atoms with Gasteiger partial charge in [0.05, 0.1) is 0 Å². The predicted molar refractivity (Wildman–Crippen MR) is 67.7 cm³/mol. The van der Waals surface area contributed by atoms with E-state index >= 15 is 0 Å². The maximum absolute atomic E-state index is 5.15. The van der Waals surface area contributed by atoms with E-state index in [1.54, 1.807) is 6.07 Å². The molecular weight excluding hydrogens is 192 g/mol. The Bertz CT molecular complexity index is 524. The first kappa shape index (κ1) is 10.1. The largest absolute Gasteiger partial charge is 0.115 e. The summed E-state index contributed by atoms with van der Waals surface area (Å²) >= 11 is 0. The first-order valence-electron chi connectivity index (χ1n) is 4.97. The van der Waals surface area contributed by atoms with Gasteiger partial charge in [-0.15, -0.1) is 12.8 Å². The van der Waals surface area contributed by atoms with Gasteiger partial charge in [-0.25, -0.2) is 0 Å². The molecule has 0 radical (unpaired) electrons. The van der Waals surface area contributed by atoms with Gasteiger partial charge in [0.2, 0.25) is 0 Å². The summed E-state index contributed by atoms with van der Waals surface area (Å²) in [7, 11) is 0. The van der Waals surface area contributed by atoms with Gasteiger partial charge in [-0.3, -0.25) is 0 Å². The molecule has 0 heterocycles. The second-order valence-electron chi connectivity index (χ2n) is 3.45. The van der Waals surface area contributed by atoms with Crippen LogP contribution < -0.4 is 0 Å². The Morgan fingerprint density at radius 1 is 0.688 bits per heavy atom. The van der Waals surface area contributed by atoms with Crippen molar-refractivity contribution in [3.8, 4) is 35.8 Å². The van der Waals surface area contributed by atoms with Gasteiger partial charge in [-0.1, -0.05) is 42.2 Å². The monoisotopic (exact) mass is 202 g/mol. The molecule has 0 aliphatic heterocycles. The molecule has 0 amide bonds. The van der Waals surface area contributed by atoms with Crippen LogP contribution >= 0.6 is 0 Å². The molecule has 16 heavy (non-hydrogen) atoms. The molecule has 0 saturated carbocycles. The first-order valence-corrected chi connectivity index (χ1v) is 4.97. The van der Waals surface area contributed by atoms with Gasteiger partial charge in [0.1, 0.15) is 0 Å². The fourth-order valence-corrected chi connectivity index (χ4v) is 1.36. The number of terminal acetylenes is 2. The summed E-state index contributed by atoms with van der Waals surface area (Å²) < 4.78 is 0. The minimum Gasteiger partial charge on any atom is -0.115 e. The lowest BCUT2D eigenvalue weighted by molar-refractivity contribution is 1.55. The Morgan fingerprint density at radius 3 is 1.38 bits per heavy atom. The molecule has 0 N–H and O–H groups in total. The number of fused-ring (bicyclic) bond motifs is 1. The summed E-state index contributed by atoms with van der Waals surface area (Å²) in [6.45, 7) is 0. The topological polar surface area (TPSA) is 0 Å². The quantitative estimate of drug-likeness (QED) is 0.490. The van der Waals surface area contributed by atoms with Crippen molar-refractivity contribution in [2.24, 2.45) is 0 Å². The summed E-state index contributed by atoms with van der Waals surface area (Å²) in [4.78, 5) is 0. The van der Waals surface area contributed by atoms with Crippen LogP contribution in [0.25, 0.3) is 11.1 Å². The van der Waals surface area contributed by atoms with Crippen molar-refractivity contribution in [3.05, 3.63) is 59.7 Å². The molecular formula is C16H10. The van der Waals surface area contributed by atoms with E-state index in [1.807, 2.05) is 18.2 Å². The lowest BCUT2D eigenvalue weighted by atomic mass is 9.95. The smallest absolute Gasteiger partial charge is 0.0254 e. The maximum Gasteiger partial charge on any atom is 0.0254 e. The highest BCUT2D eigenvalue weighted by Gasteiger charge is 2.03. The first-order chi connectivity index (χ1) is 7.83. The highest BCUT2D eigenvalue weighted by atomic mass is 14.1. The summed E-state index contributed by atoms with van der Waals surface area (Å²) in [6, 6.07) is 15.8. The van der Waals surface area contributed by atoms with E-state index in [0.717, 1.165) is 11.1 Å². The van der Waals surface area contributed by atoms with E-state index in [-0.39, 0.29) is 0 Å². The Morgan fingerprint density at radius 2 is 1.12 bits per heavy atom. The van der Waals surface area contributed by atoms with E-state index in [2.05, 4.69) is 36.1 Å². The highest BCUT2D eigenvalue weighted by molar-refractivity contribution is 5.75. The SMILES string of the molecule is C#Cc1cccc(C#C)c1.c1cc2ccc1-2. The van der Waals surface area contributed by atoms with Crippen molar-refractivity contribution < 1.29 is 0 Å². The summed E-state index contributed by atoms with van der Waals surface area (Å²) in [5.74, 6) is 5.01. The van der Waals surface area contributed by atoms with Crippen LogP contribution in [0.15, 0.2) is 48.5 Å². The number of rotatable bonds is 0. The van der Waals surface area contributed by atoms with Crippen molar-refractivity contribution in [1.29, 1.82) is 0 Å². The van der Waals surface area contributed by atoms with E-state index < -0.39 is 0 Å². The molecule has 2 aliphatic carbocycles. The highest BCUT2D eigenvalue weighted by Crippen LogP contribution is 2.29. The number of hydrogen-bond donors (Lipinski definition) is 0. The summed E-state index contributed by atoms with van der Waals surface area (Å²) in [6.07, 6.45) is 10.3. The number of benzene rings is 2. The van der Waals surface area contributed by atoms with Gasteiger partial charge in [0.15, 0.2) is 0 Å². The molecule has 0 heteroatoms. The molecule has 0 bridgehead atoms. The molecule has 0 aromatic heterocycles. The summed E-state index contributed by atoms with van der Waals surface area (Å²) in [5, 5.41) is 0. The van der Waals surface area contributed by atoms with E-state index in [4.69, 9.17) is 12.8 Å². The lowest BCUT2D eigenvalue weighted by Gasteiger charge is -2.10. The fraction of sp³-hybridized carbons (Fsp3) is 0. The maximum atomic E-state index is 5.15. The molecule has 0 fully saturated rings. The van der Waals surface area contributed by atoms with Gasteiger partial charge >= 0.3 is 0 Å². The van der Waals surface area contributed by atoms with E-state index in [9.17, 15) is 0 Å². The number of hydrogen-bond acceptors (Lipinski definition) is 0. The third kappa shape index (κ3) is 1.97. The summed E-state index contributed by atoms with van der Waals surface area (Å²) in [5.41, 5.74) is 4.51.